The highest BCUT2D eigenvalue weighted by Crippen LogP contribution is 2.32. The monoisotopic (exact) mass is 253 g/mol. The van der Waals surface area contributed by atoms with Crippen molar-refractivity contribution in [1.29, 1.82) is 0 Å². The van der Waals surface area contributed by atoms with Gasteiger partial charge >= 0.3 is 0 Å². The molecule has 3 rings (SSSR count). The zero-order valence-corrected chi connectivity index (χ0v) is 11.0. The Labute approximate surface area is 113 Å². The maximum Gasteiger partial charge on any atom is 0.0482 e. The highest BCUT2D eigenvalue weighted by atomic mass is 14.7. The second-order valence-corrected chi connectivity index (χ2v) is 5.27. The molecule has 2 N–H and O–H groups in total. The van der Waals surface area contributed by atoms with E-state index in [0.29, 0.717) is 5.92 Å². The molecule has 0 aliphatic heterocycles. The summed E-state index contributed by atoms with van der Waals surface area (Å²) in [4.78, 5) is 8.62. The summed E-state index contributed by atoms with van der Waals surface area (Å²) in [5.74, 6) is 0.387. The van der Waals surface area contributed by atoms with Crippen molar-refractivity contribution in [2.24, 2.45) is 5.73 Å². The number of hydrogen-bond acceptors (Lipinski definition) is 3. The van der Waals surface area contributed by atoms with Crippen LogP contribution in [-0.4, -0.2) is 16.0 Å². The predicted molar refractivity (Wildman–Crippen MR) is 75.8 cm³/mol. The summed E-state index contributed by atoms with van der Waals surface area (Å²) >= 11 is 0. The van der Waals surface area contributed by atoms with E-state index in [-0.39, 0.29) is 6.04 Å². The molecule has 2 aromatic heterocycles. The first-order valence-electron chi connectivity index (χ1n) is 6.93. The zero-order chi connectivity index (χ0) is 13.1. The molecule has 0 aromatic carbocycles. The lowest BCUT2D eigenvalue weighted by Gasteiger charge is -2.29. The SMILES string of the molecule is NC(Cc1ccncc1)C1CCCc2cccnc21. The molecule has 0 saturated carbocycles. The van der Waals surface area contributed by atoms with Crippen molar-refractivity contribution < 1.29 is 0 Å². The smallest absolute Gasteiger partial charge is 0.0482 e. The molecular formula is C16H19N3. The Balaban J connectivity index is 1.80. The summed E-state index contributed by atoms with van der Waals surface area (Å²) < 4.78 is 0. The lowest BCUT2D eigenvalue weighted by molar-refractivity contribution is 0.449. The minimum absolute atomic E-state index is 0.136. The number of fused-ring (bicyclic) bond motifs is 1. The summed E-state index contributed by atoms with van der Waals surface area (Å²) in [5.41, 5.74) is 10.3. The Kier molecular flexibility index (Phi) is 3.56. The standard InChI is InChI=1S/C16H19N3/c17-15(11-12-6-9-18-10-7-12)14-5-1-3-13-4-2-8-19-16(13)14/h2,4,6-10,14-15H,1,3,5,11,17H2. The fraction of sp³-hybridized carbons (Fsp3) is 0.375. The van der Waals surface area contributed by atoms with E-state index in [2.05, 4.69) is 16.0 Å². The third-order valence-corrected chi connectivity index (χ3v) is 3.98. The summed E-state index contributed by atoms with van der Waals surface area (Å²) in [5, 5.41) is 0. The molecule has 1 aliphatic rings. The molecule has 3 heteroatoms. The number of nitrogens with two attached hydrogens (primary N) is 1. The van der Waals surface area contributed by atoms with E-state index in [1.54, 1.807) is 0 Å². The minimum Gasteiger partial charge on any atom is -0.327 e. The van der Waals surface area contributed by atoms with Crippen LogP contribution in [0.25, 0.3) is 0 Å². The van der Waals surface area contributed by atoms with Gasteiger partial charge in [0, 0.05) is 36.2 Å². The molecule has 0 bridgehead atoms. The molecule has 2 aromatic rings. The van der Waals surface area contributed by atoms with Gasteiger partial charge in [-0.05, 0) is 55.0 Å². The van der Waals surface area contributed by atoms with E-state index in [1.165, 1.54) is 23.2 Å². The Hall–Kier alpha value is -1.74. The second-order valence-electron chi connectivity index (χ2n) is 5.27. The molecule has 2 heterocycles. The maximum atomic E-state index is 6.43. The van der Waals surface area contributed by atoms with Crippen molar-refractivity contribution in [1.82, 2.24) is 9.97 Å². The van der Waals surface area contributed by atoms with Gasteiger partial charge in [-0.1, -0.05) is 6.07 Å². The first-order chi connectivity index (χ1) is 9.34. The van der Waals surface area contributed by atoms with E-state index >= 15 is 0 Å². The first-order valence-corrected chi connectivity index (χ1v) is 6.93. The quantitative estimate of drug-likeness (QED) is 0.914. The Morgan fingerprint density at radius 3 is 2.89 bits per heavy atom. The molecule has 19 heavy (non-hydrogen) atoms. The van der Waals surface area contributed by atoms with Gasteiger partial charge in [-0.3, -0.25) is 9.97 Å². The molecular weight excluding hydrogens is 234 g/mol. The molecule has 2 unspecified atom stereocenters. The van der Waals surface area contributed by atoms with E-state index in [0.717, 1.165) is 19.3 Å². The number of nitrogens with zero attached hydrogens (tertiary/aromatic N) is 2. The molecule has 0 radical (unpaired) electrons. The number of hydrogen-bond donors (Lipinski definition) is 1. The average Bonchev–Trinajstić information content (AvgIpc) is 2.47. The van der Waals surface area contributed by atoms with E-state index < -0.39 is 0 Å². The lowest BCUT2D eigenvalue weighted by Crippen LogP contribution is -2.33. The van der Waals surface area contributed by atoms with Crippen LogP contribution in [0.3, 0.4) is 0 Å². The average molecular weight is 253 g/mol. The van der Waals surface area contributed by atoms with Crippen LogP contribution in [0, 0.1) is 0 Å². The summed E-state index contributed by atoms with van der Waals surface area (Å²) in [6, 6.07) is 8.43. The number of aryl methyl sites for hydroxylation is 1. The largest absolute Gasteiger partial charge is 0.327 e. The van der Waals surface area contributed by atoms with Crippen LogP contribution in [-0.2, 0) is 12.8 Å². The van der Waals surface area contributed by atoms with Gasteiger partial charge in [0.2, 0.25) is 0 Å². The molecule has 3 nitrogen and oxygen atoms in total. The Morgan fingerprint density at radius 1 is 1.21 bits per heavy atom. The van der Waals surface area contributed by atoms with Crippen LogP contribution in [0.5, 0.6) is 0 Å². The summed E-state index contributed by atoms with van der Waals surface area (Å²) in [6.07, 6.45) is 9.94. The molecule has 1 aliphatic carbocycles. The third kappa shape index (κ3) is 2.66. The van der Waals surface area contributed by atoms with Crippen LogP contribution in [0.4, 0.5) is 0 Å². The van der Waals surface area contributed by atoms with Crippen molar-refractivity contribution in [3.8, 4) is 0 Å². The van der Waals surface area contributed by atoms with Crippen molar-refractivity contribution in [2.45, 2.75) is 37.6 Å². The highest BCUT2D eigenvalue weighted by molar-refractivity contribution is 5.28. The number of aromatic nitrogens is 2. The normalized spacial score (nSPS) is 19.7. The first kappa shape index (κ1) is 12.3. The van der Waals surface area contributed by atoms with Gasteiger partial charge in [-0.2, -0.15) is 0 Å². The Bertz CT molecular complexity index is 539. The number of pyridine rings is 2. The van der Waals surface area contributed by atoms with Gasteiger partial charge in [0.25, 0.3) is 0 Å². The van der Waals surface area contributed by atoms with Gasteiger partial charge in [-0.15, -0.1) is 0 Å². The number of rotatable bonds is 3. The molecule has 0 fully saturated rings. The van der Waals surface area contributed by atoms with Crippen molar-refractivity contribution in [2.75, 3.05) is 0 Å². The van der Waals surface area contributed by atoms with Gasteiger partial charge in [0.15, 0.2) is 0 Å². The van der Waals surface area contributed by atoms with Gasteiger partial charge < -0.3 is 5.73 Å². The lowest BCUT2D eigenvalue weighted by atomic mass is 9.80. The molecule has 0 spiro atoms. The van der Waals surface area contributed by atoms with Crippen LogP contribution in [0.2, 0.25) is 0 Å². The van der Waals surface area contributed by atoms with E-state index in [1.807, 2.05) is 36.8 Å². The highest BCUT2D eigenvalue weighted by Gasteiger charge is 2.26. The van der Waals surface area contributed by atoms with Crippen LogP contribution >= 0.6 is 0 Å². The Morgan fingerprint density at radius 2 is 2.05 bits per heavy atom. The third-order valence-electron chi connectivity index (χ3n) is 3.98. The van der Waals surface area contributed by atoms with Gasteiger partial charge in [0.05, 0.1) is 0 Å². The molecule has 2 atom stereocenters. The molecule has 0 saturated heterocycles. The predicted octanol–water partition coefficient (Wildman–Crippen LogP) is 2.47. The topological polar surface area (TPSA) is 51.8 Å². The van der Waals surface area contributed by atoms with Crippen molar-refractivity contribution in [3.63, 3.8) is 0 Å². The fourth-order valence-corrected chi connectivity index (χ4v) is 3.00. The minimum atomic E-state index is 0.136. The summed E-state index contributed by atoms with van der Waals surface area (Å²) in [7, 11) is 0. The molecule has 0 amide bonds. The van der Waals surface area contributed by atoms with Crippen molar-refractivity contribution >= 4 is 0 Å². The van der Waals surface area contributed by atoms with Crippen LogP contribution in [0.1, 0.15) is 35.6 Å². The maximum absolute atomic E-state index is 6.43. The van der Waals surface area contributed by atoms with E-state index in [9.17, 15) is 0 Å². The van der Waals surface area contributed by atoms with Gasteiger partial charge in [0.1, 0.15) is 0 Å². The van der Waals surface area contributed by atoms with Crippen LogP contribution < -0.4 is 5.73 Å². The van der Waals surface area contributed by atoms with Crippen molar-refractivity contribution in [3.05, 3.63) is 59.7 Å². The molecule has 98 valence electrons. The summed E-state index contributed by atoms with van der Waals surface area (Å²) in [6.45, 7) is 0. The van der Waals surface area contributed by atoms with E-state index in [4.69, 9.17) is 5.73 Å². The fourth-order valence-electron chi connectivity index (χ4n) is 3.00. The zero-order valence-electron chi connectivity index (χ0n) is 11.0. The van der Waals surface area contributed by atoms with Crippen LogP contribution in [0.15, 0.2) is 42.9 Å². The van der Waals surface area contributed by atoms with Gasteiger partial charge in [-0.25, -0.2) is 0 Å². The second kappa shape index (κ2) is 5.49.